The monoisotopic (exact) mass is 333 g/mol. The van der Waals surface area contributed by atoms with Crippen molar-refractivity contribution in [3.63, 3.8) is 0 Å². The largest absolute Gasteiger partial charge is 0.412 e. The molecule has 9 heteroatoms. The van der Waals surface area contributed by atoms with E-state index < -0.39 is 35.3 Å². The molecule has 0 aliphatic rings. The minimum atomic E-state index is -4.96. The van der Waals surface area contributed by atoms with Gasteiger partial charge >= 0.3 is 6.18 Å². The summed E-state index contributed by atoms with van der Waals surface area (Å²) in [6, 6.07) is 1.40. The molecule has 0 radical (unpaired) electrons. The maximum absolute atomic E-state index is 13.6. The Morgan fingerprint density at radius 3 is 2.61 bits per heavy atom. The Morgan fingerprint density at radius 2 is 2.00 bits per heavy atom. The van der Waals surface area contributed by atoms with Gasteiger partial charge in [0, 0.05) is 30.9 Å². The van der Waals surface area contributed by atoms with E-state index in [-0.39, 0.29) is 13.0 Å². The lowest BCUT2D eigenvalue weighted by atomic mass is 10.1. The van der Waals surface area contributed by atoms with Crippen molar-refractivity contribution in [2.75, 3.05) is 0 Å². The van der Waals surface area contributed by atoms with Gasteiger partial charge in [0.2, 0.25) is 5.91 Å². The van der Waals surface area contributed by atoms with E-state index in [4.69, 9.17) is 0 Å². The van der Waals surface area contributed by atoms with Crippen LogP contribution in [0.3, 0.4) is 0 Å². The van der Waals surface area contributed by atoms with E-state index in [0.29, 0.717) is 6.07 Å². The minimum Gasteiger partial charge on any atom is -0.341 e. The Kier molecular flexibility index (Phi) is 4.97. The number of rotatable bonds is 5. The van der Waals surface area contributed by atoms with Gasteiger partial charge in [-0.05, 0) is 12.1 Å². The lowest BCUT2D eigenvalue weighted by Gasteiger charge is -2.22. The van der Waals surface area contributed by atoms with Crippen LogP contribution in [0.5, 0.6) is 0 Å². The lowest BCUT2D eigenvalue weighted by Crippen LogP contribution is -2.39. The van der Waals surface area contributed by atoms with Gasteiger partial charge in [0.25, 0.3) is 0 Å². The number of carbonyl (C=O) groups excluding carboxylic acids is 1. The van der Waals surface area contributed by atoms with Crippen molar-refractivity contribution in [3.05, 3.63) is 53.9 Å². The Hall–Kier alpha value is -2.45. The van der Waals surface area contributed by atoms with E-state index in [2.05, 4.69) is 5.10 Å². The second-order valence-corrected chi connectivity index (χ2v) is 4.70. The SMILES string of the molecule is O=C(CCn1cccn1)N[C@H](c1cccc(F)c1F)C(F)(F)F. The maximum Gasteiger partial charge on any atom is 0.412 e. The average Bonchev–Trinajstić information content (AvgIpc) is 2.98. The predicted molar refractivity (Wildman–Crippen MR) is 70.1 cm³/mol. The van der Waals surface area contributed by atoms with Crippen LogP contribution in [0.15, 0.2) is 36.7 Å². The summed E-state index contributed by atoms with van der Waals surface area (Å²) in [7, 11) is 0. The number of aromatic nitrogens is 2. The fourth-order valence-corrected chi connectivity index (χ4v) is 1.96. The van der Waals surface area contributed by atoms with Crippen LogP contribution in [0, 0.1) is 11.6 Å². The molecular weight excluding hydrogens is 321 g/mol. The van der Waals surface area contributed by atoms with Crippen LogP contribution in [-0.2, 0) is 11.3 Å². The van der Waals surface area contributed by atoms with E-state index in [1.165, 1.54) is 10.9 Å². The molecule has 0 unspecified atom stereocenters. The summed E-state index contributed by atoms with van der Waals surface area (Å²) in [4.78, 5) is 11.7. The summed E-state index contributed by atoms with van der Waals surface area (Å²) in [6.45, 7) is 0.0645. The quantitative estimate of drug-likeness (QED) is 0.855. The van der Waals surface area contributed by atoms with Gasteiger partial charge in [-0.2, -0.15) is 18.3 Å². The van der Waals surface area contributed by atoms with Crippen LogP contribution in [0.1, 0.15) is 18.0 Å². The van der Waals surface area contributed by atoms with Crippen molar-refractivity contribution < 1.29 is 26.7 Å². The second-order valence-electron chi connectivity index (χ2n) is 4.70. The number of halogens is 5. The highest BCUT2D eigenvalue weighted by molar-refractivity contribution is 5.76. The van der Waals surface area contributed by atoms with Gasteiger partial charge < -0.3 is 5.32 Å². The minimum absolute atomic E-state index is 0.0645. The van der Waals surface area contributed by atoms with Gasteiger partial charge in [-0.25, -0.2) is 8.78 Å². The first-order chi connectivity index (χ1) is 10.8. The number of amides is 1. The number of alkyl halides is 3. The third-order valence-electron chi connectivity index (χ3n) is 3.05. The third-order valence-corrected chi connectivity index (χ3v) is 3.05. The second kappa shape index (κ2) is 6.76. The Bertz CT molecular complexity index is 670. The summed E-state index contributed by atoms with van der Waals surface area (Å²) in [5.41, 5.74) is -0.968. The molecule has 23 heavy (non-hydrogen) atoms. The molecule has 2 aromatic rings. The smallest absolute Gasteiger partial charge is 0.341 e. The summed E-state index contributed by atoms with van der Waals surface area (Å²) < 4.78 is 67.3. The fourth-order valence-electron chi connectivity index (χ4n) is 1.96. The van der Waals surface area contributed by atoms with Crippen LogP contribution < -0.4 is 5.32 Å². The molecule has 1 aromatic heterocycles. The number of nitrogens with one attached hydrogen (secondary N) is 1. The first kappa shape index (κ1) is 16.9. The molecule has 124 valence electrons. The zero-order chi connectivity index (χ0) is 17.0. The molecule has 0 fully saturated rings. The Labute approximate surface area is 127 Å². The molecule has 1 N–H and O–H groups in total. The molecule has 0 saturated heterocycles. The molecule has 1 aromatic carbocycles. The van der Waals surface area contributed by atoms with E-state index in [1.807, 2.05) is 0 Å². The molecule has 2 rings (SSSR count). The molecular formula is C14H12F5N3O. The number of aryl methyl sites for hydroxylation is 1. The number of nitrogens with zero attached hydrogens (tertiary/aromatic N) is 2. The van der Waals surface area contributed by atoms with E-state index in [1.54, 1.807) is 17.6 Å². The van der Waals surface area contributed by atoms with Gasteiger partial charge in [-0.3, -0.25) is 9.48 Å². The van der Waals surface area contributed by atoms with Crippen molar-refractivity contribution in [1.29, 1.82) is 0 Å². The van der Waals surface area contributed by atoms with Gasteiger partial charge in [-0.15, -0.1) is 0 Å². The van der Waals surface area contributed by atoms with Crippen LogP contribution in [0.4, 0.5) is 22.0 Å². The Morgan fingerprint density at radius 1 is 1.26 bits per heavy atom. The van der Waals surface area contributed by atoms with E-state index in [9.17, 15) is 26.7 Å². The lowest BCUT2D eigenvalue weighted by molar-refractivity contribution is -0.164. The van der Waals surface area contributed by atoms with E-state index in [0.717, 1.165) is 12.1 Å². The molecule has 0 aliphatic heterocycles. The van der Waals surface area contributed by atoms with Crippen molar-refractivity contribution >= 4 is 5.91 Å². The molecule has 0 saturated carbocycles. The van der Waals surface area contributed by atoms with E-state index >= 15 is 0 Å². The molecule has 0 bridgehead atoms. The standard InChI is InChI=1S/C14H12F5N3O/c15-10-4-1-3-9(12(10)16)13(14(17,18)19)21-11(23)5-8-22-7-2-6-20-22/h1-4,6-7,13H,5,8H2,(H,21,23)/t13-/m1/s1. The van der Waals surface area contributed by atoms with Crippen molar-refractivity contribution in [2.24, 2.45) is 0 Å². The molecule has 0 spiro atoms. The molecule has 4 nitrogen and oxygen atoms in total. The van der Waals surface area contributed by atoms with Gasteiger partial charge in [0.15, 0.2) is 17.7 Å². The topological polar surface area (TPSA) is 46.9 Å². The normalized spacial score (nSPS) is 12.9. The summed E-state index contributed by atoms with van der Waals surface area (Å²) in [6.07, 6.45) is -2.25. The van der Waals surface area contributed by atoms with Gasteiger partial charge in [-0.1, -0.05) is 12.1 Å². The number of hydrogen-bond acceptors (Lipinski definition) is 2. The first-order valence-corrected chi connectivity index (χ1v) is 6.56. The summed E-state index contributed by atoms with van der Waals surface area (Å²) in [5, 5.41) is 5.50. The van der Waals surface area contributed by atoms with Crippen LogP contribution in [-0.4, -0.2) is 21.9 Å². The maximum atomic E-state index is 13.6. The predicted octanol–water partition coefficient (Wildman–Crippen LogP) is 2.97. The highest BCUT2D eigenvalue weighted by Crippen LogP contribution is 2.34. The average molecular weight is 333 g/mol. The molecule has 1 atom stereocenters. The van der Waals surface area contributed by atoms with Crippen molar-refractivity contribution in [2.45, 2.75) is 25.2 Å². The number of carbonyl (C=O) groups is 1. The number of benzene rings is 1. The van der Waals surface area contributed by atoms with Crippen LogP contribution in [0.2, 0.25) is 0 Å². The first-order valence-electron chi connectivity index (χ1n) is 6.56. The van der Waals surface area contributed by atoms with Crippen molar-refractivity contribution in [1.82, 2.24) is 15.1 Å². The summed E-state index contributed by atoms with van der Waals surface area (Å²) in [5.74, 6) is -4.00. The number of hydrogen-bond donors (Lipinski definition) is 1. The highest BCUT2D eigenvalue weighted by Gasteiger charge is 2.43. The molecule has 1 amide bonds. The van der Waals surface area contributed by atoms with Crippen LogP contribution >= 0.6 is 0 Å². The Balaban J connectivity index is 2.13. The zero-order valence-electron chi connectivity index (χ0n) is 11.6. The highest BCUT2D eigenvalue weighted by atomic mass is 19.4. The van der Waals surface area contributed by atoms with Gasteiger partial charge in [0.05, 0.1) is 0 Å². The van der Waals surface area contributed by atoms with Gasteiger partial charge in [0.1, 0.15) is 0 Å². The zero-order valence-corrected chi connectivity index (χ0v) is 11.6. The third kappa shape index (κ3) is 4.27. The van der Waals surface area contributed by atoms with Crippen molar-refractivity contribution in [3.8, 4) is 0 Å². The fraction of sp³-hybridized carbons (Fsp3) is 0.286. The van der Waals surface area contributed by atoms with Crippen LogP contribution in [0.25, 0.3) is 0 Å². The molecule has 0 aliphatic carbocycles. The molecule has 1 heterocycles. The summed E-state index contributed by atoms with van der Waals surface area (Å²) >= 11 is 0.